The molecule has 8 heteroatoms. The Kier molecular flexibility index (Phi) is 3.67. The average Bonchev–Trinajstić information content (AvgIpc) is 3.18. The van der Waals surface area contributed by atoms with Gasteiger partial charge >= 0.3 is 0 Å². The zero-order valence-corrected chi connectivity index (χ0v) is 11.9. The first-order valence-electron chi connectivity index (χ1n) is 6.20. The number of aromatic nitrogens is 1. The molecule has 0 aliphatic rings. The Morgan fingerprint density at radius 3 is 2.68 bits per heavy atom. The lowest BCUT2D eigenvalue weighted by Gasteiger charge is -2.00. The van der Waals surface area contributed by atoms with Gasteiger partial charge in [-0.15, -0.1) is 11.3 Å². The first-order chi connectivity index (χ1) is 10.6. The summed E-state index contributed by atoms with van der Waals surface area (Å²) in [5.74, 6) is -0.212. The molecule has 0 bridgehead atoms. The van der Waals surface area contributed by atoms with Crippen LogP contribution in [0.5, 0.6) is 0 Å². The van der Waals surface area contributed by atoms with Gasteiger partial charge in [0.1, 0.15) is 5.69 Å². The lowest BCUT2D eigenvalue weighted by Crippen LogP contribution is -2.11. The van der Waals surface area contributed by atoms with E-state index in [2.05, 4.69) is 10.5 Å². The molecule has 2 heterocycles. The fourth-order valence-corrected chi connectivity index (χ4v) is 2.47. The number of benzene rings is 1. The highest BCUT2D eigenvalue weighted by molar-refractivity contribution is 7.13. The molecule has 0 spiro atoms. The van der Waals surface area contributed by atoms with Gasteiger partial charge in [-0.2, -0.15) is 0 Å². The minimum absolute atomic E-state index is 0.0730. The molecule has 3 aromatic rings. The zero-order valence-electron chi connectivity index (χ0n) is 11.1. The van der Waals surface area contributed by atoms with Crippen LogP contribution in [0.15, 0.2) is 52.4 Å². The van der Waals surface area contributed by atoms with Crippen LogP contribution in [0.2, 0.25) is 0 Å². The number of nitrogens with one attached hydrogen (secondary N) is 1. The van der Waals surface area contributed by atoms with Gasteiger partial charge in [0.2, 0.25) is 5.88 Å². The Balaban J connectivity index is 1.73. The topological polar surface area (TPSA) is 98.3 Å². The van der Waals surface area contributed by atoms with Gasteiger partial charge < -0.3 is 4.52 Å². The van der Waals surface area contributed by atoms with Gasteiger partial charge in [0.25, 0.3) is 11.6 Å². The number of nitro groups is 1. The summed E-state index contributed by atoms with van der Waals surface area (Å²) < 4.78 is 5.06. The maximum absolute atomic E-state index is 12.0. The third-order valence-electron chi connectivity index (χ3n) is 2.86. The van der Waals surface area contributed by atoms with Crippen molar-refractivity contribution in [3.05, 3.63) is 63.5 Å². The number of carbonyl (C=O) groups excluding carboxylic acids is 1. The lowest BCUT2D eigenvalue weighted by molar-refractivity contribution is -0.384. The van der Waals surface area contributed by atoms with Gasteiger partial charge in [0.15, 0.2) is 0 Å². The predicted molar refractivity (Wildman–Crippen MR) is 80.9 cm³/mol. The monoisotopic (exact) mass is 315 g/mol. The molecule has 0 radical (unpaired) electrons. The van der Waals surface area contributed by atoms with Crippen molar-refractivity contribution in [3.63, 3.8) is 0 Å². The van der Waals surface area contributed by atoms with E-state index < -0.39 is 10.8 Å². The summed E-state index contributed by atoms with van der Waals surface area (Å²) >= 11 is 1.51. The molecule has 1 N–H and O–H groups in total. The van der Waals surface area contributed by atoms with E-state index >= 15 is 0 Å². The van der Waals surface area contributed by atoms with Crippen molar-refractivity contribution in [1.29, 1.82) is 0 Å². The van der Waals surface area contributed by atoms with Crippen molar-refractivity contribution in [2.45, 2.75) is 0 Å². The van der Waals surface area contributed by atoms with Crippen molar-refractivity contribution < 1.29 is 14.2 Å². The van der Waals surface area contributed by atoms with Crippen LogP contribution < -0.4 is 5.32 Å². The minimum atomic E-state index is -0.522. The Morgan fingerprint density at radius 1 is 1.27 bits per heavy atom. The predicted octanol–water partition coefficient (Wildman–Crippen LogP) is 3.56. The fourth-order valence-electron chi connectivity index (χ4n) is 1.79. The van der Waals surface area contributed by atoms with Crippen molar-refractivity contribution in [2.75, 3.05) is 5.32 Å². The highest BCUT2D eigenvalue weighted by atomic mass is 32.1. The Bertz CT molecular complexity index is 809. The Morgan fingerprint density at radius 2 is 2.05 bits per heavy atom. The standard InChI is InChI=1S/C14H9N3O4S/c18-14(9-3-5-10(6-4-9)17(19)20)15-13-8-11(16-21-13)12-2-1-7-22-12/h1-8H,(H,15,18). The van der Waals surface area contributed by atoms with E-state index in [9.17, 15) is 14.9 Å². The zero-order chi connectivity index (χ0) is 15.5. The van der Waals surface area contributed by atoms with E-state index in [1.807, 2.05) is 17.5 Å². The number of nitro benzene ring substituents is 1. The summed E-state index contributed by atoms with van der Waals surface area (Å²) in [6, 6.07) is 10.7. The molecule has 0 saturated carbocycles. The van der Waals surface area contributed by atoms with E-state index in [4.69, 9.17) is 4.52 Å². The number of non-ortho nitro benzene ring substituents is 1. The Hall–Kier alpha value is -3.00. The highest BCUT2D eigenvalue weighted by Gasteiger charge is 2.13. The third-order valence-corrected chi connectivity index (χ3v) is 3.75. The second-order valence-electron chi connectivity index (χ2n) is 4.31. The fraction of sp³-hybridized carbons (Fsp3) is 0. The number of hydrogen-bond acceptors (Lipinski definition) is 6. The summed E-state index contributed by atoms with van der Waals surface area (Å²) in [6.45, 7) is 0. The average molecular weight is 315 g/mol. The number of anilines is 1. The second kappa shape index (κ2) is 5.78. The van der Waals surface area contributed by atoms with Gasteiger partial charge in [-0.05, 0) is 23.6 Å². The lowest BCUT2D eigenvalue weighted by atomic mass is 10.2. The number of rotatable bonds is 4. The number of hydrogen-bond donors (Lipinski definition) is 1. The molecular weight excluding hydrogens is 306 g/mol. The van der Waals surface area contributed by atoms with Crippen LogP contribution in [0.1, 0.15) is 10.4 Å². The maximum atomic E-state index is 12.0. The van der Waals surface area contributed by atoms with Crippen molar-refractivity contribution in [2.24, 2.45) is 0 Å². The molecule has 0 atom stereocenters. The molecular formula is C14H9N3O4S. The summed E-state index contributed by atoms with van der Waals surface area (Å²) in [5.41, 5.74) is 0.852. The molecule has 3 rings (SSSR count). The summed E-state index contributed by atoms with van der Waals surface area (Å²) in [4.78, 5) is 23.0. The van der Waals surface area contributed by atoms with Crippen molar-refractivity contribution in [3.8, 4) is 10.6 Å². The summed E-state index contributed by atoms with van der Waals surface area (Å²) in [5, 5.41) is 18.9. The molecule has 0 aliphatic heterocycles. The van der Waals surface area contributed by atoms with Crippen molar-refractivity contribution in [1.82, 2.24) is 5.16 Å². The van der Waals surface area contributed by atoms with Gasteiger partial charge in [-0.25, -0.2) is 0 Å². The first-order valence-corrected chi connectivity index (χ1v) is 7.08. The number of nitrogens with zero attached hydrogens (tertiary/aromatic N) is 2. The number of thiophene rings is 1. The molecule has 0 saturated heterocycles. The third kappa shape index (κ3) is 2.86. The molecule has 0 fully saturated rings. The normalized spacial score (nSPS) is 10.4. The molecule has 0 aliphatic carbocycles. The molecule has 7 nitrogen and oxygen atoms in total. The molecule has 2 aromatic heterocycles. The van der Waals surface area contributed by atoms with Gasteiger partial charge in [-0.3, -0.25) is 20.2 Å². The van der Waals surface area contributed by atoms with E-state index in [-0.39, 0.29) is 11.6 Å². The number of amides is 1. The van der Waals surface area contributed by atoms with Gasteiger partial charge in [-0.1, -0.05) is 11.2 Å². The number of carbonyl (C=O) groups is 1. The summed E-state index contributed by atoms with van der Waals surface area (Å²) in [6.07, 6.45) is 0. The van der Waals surface area contributed by atoms with Crippen LogP contribution in [-0.4, -0.2) is 16.0 Å². The minimum Gasteiger partial charge on any atom is -0.338 e. The summed E-state index contributed by atoms with van der Waals surface area (Å²) in [7, 11) is 0. The first kappa shape index (κ1) is 14.0. The van der Waals surface area contributed by atoms with E-state index in [0.717, 1.165) is 4.88 Å². The van der Waals surface area contributed by atoms with Crippen LogP contribution in [0.25, 0.3) is 10.6 Å². The van der Waals surface area contributed by atoms with E-state index in [1.165, 1.54) is 35.6 Å². The van der Waals surface area contributed by atoms with E-state index in [1.54, 1.807) is 6.07 Å². The molecule has 110 valence electrons. The molecule has 0 unspecified atom stereocenters. The van der Waals surface area contributed by atoms with Crippen LogP contribution in [0, 0.1) is 10.1 Å². The SMILES string of the molecule is O=C(Nc1cc(-c2cccs2)no1)c1ccc([N+](=O)[O-])cc1. The van der Waals surface area contributed by atoms with Gasteiger partial charge in [0, 0.05) is 23.8 Å². The molecule has 1 amide bonds. The van der Waals surface area contributed by atoms with E-state index in [0.29, 0.717) is 11.3 Å². The quantitative estimate of drug-likeness (QED) is 0.586. The van der Waals surface area contributed by atoms with Crippen LogP contribution >= 0.6 is 11.3 Å². The highest BCUT2D eigenvalue weighted by Crippen LogP contribution is 2.26. The largest absolute Gasteiger partial charge is 0.338 e. The smallest absolute Gasteiger partial charge is 0.269 e. The van der Waals surface area contributed by atoms with Crippen LogP contribution in [0.4, 0.5) is 11.6 Å². The molecule has 1 aromatic carbocycles. The van der Waals surface area contributed by atoms with Crippen molar-refractivity contribution >= 4 is 28.8 Å². The second-order valence-corrected chi connectivity index (χ2v) is 5.26. The Labute approximate surface area is 128 Å². The maximum Gasteiger partial charge on any atom is 0.269 e. The molecule has 22 heavy (non-hydrogen) atoms. The van der Waals surface area contributed by atoms with Gasteiger partial charge in [0.05, 0.1) is 9.80 Å². The van der Waals surface area contributed by atoms with Crippen LogP contribution in [0.3, 0.4) is 0 Å². The van der Waals surface area contributed by atoms with Crippen LogP contribution in [-0.2, 0) is 0 Å².